The summed E-state index contributed by atoms with van der Waals surface area (Å²) in [5.41, 5.74) is 1.22. The van der Waals surface area contributed by atoms with E-state index in [1.54, 1.807) is 0 Å². The number of epoxide rings is 1. The van der Waals surface area contributed by atoms with Crippen molar-refractivity contribution in [3.63, 3.8) is 0 Å². The molecule has 1 unspecified atom stereocenters. The predicted molar refractivity (Wildman–Crippen MR) is 62.9 cm³/mol. The van der Waals surface area contributed by atoms with Gasteiger partial charge in [-0.1, -0.05) is 41.1 Å². The maximum absolute atomic E-state index is 5.83. The number of hydrogen-bond acceptors (Lipinski definition) is 2. The normalized spacial score (nSPS) is 21.3. The summed E-state index contributed by atoms with van der Waals surface area (Å²) in [5.74, 6) is 0. The second kappa shape index (κ2) is 5.10. The summed E-state index contributed by atoms with van der Waals surface area (Å²) < 4.78 is 12.1. The van der Waals surface area contributed by atoms with Crippen LogP contribution in [0.5, 0.6) is 0 Å². The molecule has 82 valence electrons. The van der Waals surface area contributed by atoms with Crippen LogP contribution in [0.15, 0.2) is 28.7 Å². The monoisotopic (exact) mass is 270 g/mol. The Labute approximate surface area is 98.7 Å². The van der Waals surface area contributed by atoms with Crippen LogP contribution in [0, 0.1) is 0 Å². The van der Waals surface area contributed by atoms with Crippen molar-refractivity contribution in [1.29, 1.82) is 0 Å². The molecular formula is C12H15BrO2. The molecule has 0 radical (unpaired) electrons. The summed E-state index contributed by atoms with van der Waals surface area (Å²) in [7, 11) is 0. The fraction of sp³-hybridized carbons (Fsp3) is 0.500. The Morgan fingerprint density at radius 2 is 2.27 bits per heavy atom. The molecule has 1 saturated heterocycles. The standard InChI is InChI=1S/C12H15BrO2/c1-2-12(15-8-9-7-14-9)10-5-3-4-6-11(10)13/h3-6,9,12H,2,7-8H2,1H3/t9?,12-/m1/s1. The van der Waals surface area contributed by atoms with E-state index in [0.717, 1.165) is 17.5 Å². The van der Waals surface area contributed by atoms with Gasteiger partial charge < -0.3 is 9.47 Å². The maximum atomic E-state index is 5.83. The van der Waals surface area contributed by atoms with Gasteiger partial charge in [0.25, 0.3) is 0 Å². The van der Waals surface area contributed by atoms with Crippen LogP contribution in [0.4, 0.5) is 0 Å². The molecule has 1 aliphatic rings. The highest BCUT2D eigenvalue weighted by Crippen LogP contribution is 2.29. The Hall–Kier alpha value is -0.380. The molecule has 0 aromatic heterocycles. The van der Waals surface area contributed by atoms with E-state index in [0.29, 0.717) is 12.7 Å². The molecular weight excluding hydrogens is 256 g/mol. The van der Waals surface area contributed by atoms with E-state index in [2.05, 4.69) is 35.0 Å². The molecule has 2 rings (SSSR count). The second-order valence-corrected chi connectivity index (χ2v) is 4.56. The maximum Gasteiger partial charge on any atom is 0.104 e. The summed E-state index contributed by atoms with van der Waals surface area (Å²) in [6.45, 7) is 3.70. The van der Waals surface area contributed by atoms with E-state index < -0.39 is 0 Å². The van der Waals surface area contributed by atoms with Crippen molar-refractivity contribution in [2.45, 2.75) is 25.6 Å². The fourth-order valence-electron chi connectivity index (χ4n) is 1.55. The van der Waals surface area contributed by atoms with Crippen molar-refractivity contribution in [3.05, 3.63) is 34.3 Å². The molecule has 2 atom stereocenters. The minimum atomic E-state index is 0.171. The van der Waals surface area contributed by atoms with E-state index in [-0.39, 0.29) is 6.10 Å². The lowest BCUT2D eigenvalue weighted by Gasteiger charge is -2.17. The third-order valence-electron chi connectivity index (χ3n) is 2.51. The van der Waals surface area contributed by atoms with Gasteiger partial charge in [0.1, 0.15) is 6.10 Å². The minimum Gasteiger partial charge on any atom is -0.371 e. The van der Waals surface area contributed by atoms with Gasteiger partial charge in [-0.2, -0.15) is 0 Å². The van der Waals surface area contributed by atoms with Gasteiger partial charge in [0.15, 0.2) is 0 Å². The summed E-state index contributed by atoms with van der Waals surface area (Å²) >= 11 is 3.55. The molecule has 0 saturated carbocycles. The molecule has 3 heteroatoms. The lowest BCUT2D eigenvalue weighted by atomic mass is 10.1. The molecule has 0 N–H and O–H groups in total. The zero-order valence-electron chi connectivity index (χ0n) is 8.78. The van der Waals surface area contributed by atoms with Crippen LogP contribution in [-0.4, -0.2) is 19.3 Å². The highest BCUT2D eigenvalue weighted by atomic mass is 79.9. The quantitative estimate of drug-likeness (QED) is 0.766. The average Bonchev–Trinajstić information content (AvgIpc) is 3.05. The molecule has 0 aliphatic carbocycles. The molecule has 0 bridgehead atoms. The molecule has 1 fully saturated rings. The topological polar surface area (TPSA) is 21.8 Å². The lowest BCUT2D eigenvalue weighted by molar-refractivity contribution is 0.0390. The van der Waals surface area contributed by atoms with Crippen molar-refractivity contribution >= 4 is 15.9 Å². The largest absolute Gasteiger partial charge is 0.371 e. The Kier molecular flexibility index (Phi) is 3.78. The first kappa shape index (κ1) is 11.1. The molecule has 1 aromatic rings. The first-order valence-electron chi connectivity index (χ1n) is 5.29. The molecule has 0 amide bonds. The van der Waals surface area contributed by atoms with Crippen LogP contribution in [0.1, 0.15) is 25.0 Å². The molecule has 2 nitrogen and oxygen atoms in total. The third kappa shape index (κ3) is 3.03. The molecule has 1 aliphatic heterocycles. The van der Waals surface area contributed by atoms with Gasteiger partial charge in [0.05, 0.1) is 19.3 Å². The van der Waals surface area contributed by atoms with Crippen molar-refractivity contribution in [2.24, 2.45) is 0 Å². The Morgan fingerprint density at radius 1 is 1.53 bits per heavy atom. The van der Waals surface area contributed by atoms with E-state index in [4.69, 9.17) is 9.47 Å². The lowest BCUT2D eigenvalue weighted by Crippen LogP contribution is -2.08. The van der Waals surface area contributed by atoms with Crippen molar-refractivity contribution in [1.82, 2.24) is 0 Å². The van der Waals surface area contributed by atoms with Gasteiger partial charge in [0.2, 0.25) is 0 Å². The van der Waals surface area contributed by atoms with Gasteiger partial charge in [0, 0.05) is 4.47 Å². The number of ether oxygens (including phenoxy) is 2. The highest BCUT2D eigenvalue weighted by Gasteiger charge is 2.24. The molecule has 15 heavy (non-hydrogen) atoms. The highest BCUT2D eigenvalue weighted by molar-refractivity contribution is 9.10. The van der Waals surface area contributed by atoms with Crippen LogP contribution in [0.25, 0.3) is 0 Å². The zero-order chi connectivity index (χ0) is 10.7. The number of benzene rings is 1. The Bertz CT molecular complexity index is 323. The smallest absolute Gasteiger partial charge is 0.104 e. The SMILES string of the molecule is CC[C@@H](OCC1CO1)c1ccccc1Br. The van der Waals surface area contributed by atoms with Crippen molar-refractivity contribution < 1.29 is 9.47 Å². The predicted octanol–water partition coefficient (Wildman–Crippen LogP) is 3.32. The zero-order valence-corrected chi connectivity index (χ0v) is 10.4. The molecule has 0 spiro atoms. The summed E-state index contributed by atoms with van der Waals surface area (Å²) in [4.78, 5) is 0. The van der Waals surface area contributed by atoms with Crippen LogP contribution in [-0.2, 0) is 9.47 Å². The van der Waals surface area contributed by atoms with Gasteiger partial charge in [-0.3, -0.25) is 0 Å². The molecule has 1 heterocycles. The fourth-order valence-corrected chi connectivity index (χ4v) is 2.09. The van der Waals surface area contributed by atoms with Gasteiger partial charge in [-0.15, -0.1) is 0 Å². The van der Waals surface area contributed by atoms with Crippen LogP contribution >= 0.6 is 15.9 Å². The number of rotatable bonds is 5. The van der Waals surface area contributed by atoms with E-state index in [9.17, 15) is 0 Å². The van der Waals surface area contributed by atoms with Crippen molar-refractivity contribution in [3.8, 4) is 0 Å². The minimum absolute atomic E-state index is 0.171. The van der Waals surface area contributed by atoms with E-state index in [1.807, 2.05) is 12.1 Å². The first-order valence-corrected chi connectivity index (χ1v) is 6.08. The molecule has 1 aromatic carbocycles. The number of hydrogen-bond donors (Lipinski definition) is 0. The van der Waals surface area contributed by atoms with Crippen LogP contribution in [0.3, 0.4) is 0 Å². The van der Waals surface area contributed by atoms with Crippen LogP contribution in [0.2, 0.25) is 0 Å². The second-order valence-electron chi connectivity index (χ2n) is 3.71. The summed E-state index contributed by atoms with van der Waals surface area (Å²) in [6, 6.07) is 8.21. The first-order chi connectivity index (χ1) is 7.31. The van der Waals surface area contributed by atoms with Gasteiger partial charge in [-0.05, 0) is 18.1 Å². The Balaban J connectivity index is 2.00. The number of halogens is 1. The van der Waals surface area contributed by atoms with Crippen molar-refractivity contribution in [2.75, 3.05) is 13.2 Å². The van der Waals surface area contributed by atoms with E-state index >= 15 is 0 Å². The third-order valence-corrected chi connectivity index (χ3v) is 3.23. The Morgan fingerprint density at radius 3 is 2.87 bits per heavy atom. The van der Waals surface area contributed by atoms with Gasteiger partial charge >= 0.3 is 0 Å². The van der Waals surface area contributed by atoms with Gasteiger partial charge in [-0.25, -0.2) is 0 Å². The average molecular weight is 271 g/mol. The summed E-state index contributed by atoms with van der Waals surface area (Å²) in [5, 5.41) is 0. The van der Waals surface area contributed by atoms with Crippen LogP contribution < -0.4 is 0 Å². The summed E-state index contributed by atoms with van der Waals surface area (Å²) in [6.07, 6.45) is 1.49. The van der Waals surface area contributed by atoms with E-state index in [1.165, 1.54) is 5.56 Å².